The maximum atomic E-state index is 12.9. The minimum atomic E-state index is -3.03. The van der Waals surface area contributed by atoms with Crippen LogP contribution in [0.15, 0.2) is 64.4 Å². The zero-order valence-corrected chi connectivity index (χ0v) is 17.3. The van der Waals surface area contributed by atoms with E-state index in [4.69, 9.17) is 0 Å². The SMILES string of the molecule is C/C=C(/CO)S/C(=C\C)Cc1ccc(OC(F)F)c(-c2cccc(OC(F)F)c2)c1. The number of halogens is 4. The summed E-state index contributed by atoms with van der Waals surface area (Å²) in [5, 5.41) is 9.37. The number of allylic oxidation sites excluding steroid dienone is 3. The molecule has 162 valence electrons. The van der Waals surface area contributed by atoms with Crippen LogP contribution in [-0.2, 0) is 6.42 Å². The van der Waals surface area contributed by atoms with Gasteiger partial charge in [-0.05, 0) is 54.1 Å². The second kappa shape index (κ2) is 11.7. The molecule has 2 rings (SSSR count). The summed E-state index contributed by atoms with van der Waals surface area (Å²) in [6.07, 6.45) is 4.21. The molecule has 0 bridgehead atoms. The molecule has 0 aliphatic carbocycles. The minimum Gasteiger partial charge on any atom is -0.435 e. The number of hydrogen-bond acceptors (Lipinski definition) is 4. The third-order valence-corrected chi connectivity index (χ3v) is 5.34. The molecule has 2 aromatic carbocycles. The molecule has 0 amide bonds. The molecule has 0 fully saturated rings. The Kier molecular flexibility index (Phi) is 9.26. The number of aliphatic hydroxyl groups is 1. The van der Waals surface area contributed by atoms with Crippen LogP contribution in [0.2, 0.25) is 0 Å². The van der Waals surface area contributed by atoms with Gasteiger partial charge in [0.25, 0.3) is 0 Å². The van der Waals surface area contributed by atoms with E-state index in [2.05, 4.69) is 9.47 Å². The molecule has 0 spiro atoms. The normalized spacial score (nSPS) is 12.6. The van der Waals surface area contributed by atoms with Gasteiger partial charge in [-0.15, -0.1) is 0 Å². The Morgan fingerprint density at radius 3 is 2.27 bits per heavy atom. The lowest BCUT2D eigenvalue weighted by Crippen LogP contribution is -2.04. The van der Waals surface area contributed by atoms with Gasteiger partial charge < -0.3 is 14.6 Å². The number of aliphatic hydroxyl groups excluding tert-OH is 1. The van der Waals surface area contributed by atoms with E-state index in [1.807, 2.05) is 26.0 Å². The second-order valence-electron chi connectivity index (χ2n) is 6.06. The van der Waals surface area contributed by atoms with Crippen LogP contribution >= 0.6 is 11.8 Å². The number of ether oxygens (including phenoxy) is 2. The van der Waals surface area contributed by atoms with Gasteiger partial charge in [0.05, 0.1) is 6.61 Å². The topological polar surface area (TPSA) is 38.7 Å². The predicted molar refractivity (Wildman–Crippen MR) is 111 cm³/mol. The van der Waals surface area contributed by atoms with Crippen molar-refractivity contribution in [1.82, 2.24) is 0 Å². The lowest BCUT2D eigenvalue weighted by atomic mass is 10.00. The third-order valence-electron chi connectivity index (χ3n) is 4.07. The Labute approximate surface area is 177 Å². The first-order valence-corrected chi connectivity index (χ1v) is 9.90. The van der Waals surface area contributed by atoms with Crippen LogP contribution < -0.4 is 9.47 Å². The first kappa shape index (κ1) is 23.8. The van der Waals surface area contributed by atoms with Crippen LogP contribution in [0.3, 0.4) is 0 Å². The van der Waals surface area contributed by atoms with Crippen LogP contribution in [0, 0.1) is 0 Å². The smallest absolute Gasteiger partial charge is 0.387 e. The Bertz CT molecular complexity index is 898. The molecule has 0 aliphatic heterocycles. The summed E-state index contributed by atoms with van der Waals surface area (Å²) in [6, 6.07) is 10.6. The van der Waals surface area contributed by atoms with E-state index < -0.39 is 13.2 Å². The van der Waals surface area contributed by atoms with Crippen LogP contribution in [0.1, 0.15) is 19.4 Å². The van der Waals surface area contributed by atoms with Gasteiger partial charge in [0.2, 0.25) is 0 Å². The maximum absolute atomic E-state index is 12.9. The monoisotopic (exact) mass is 442 g/mol. The van der Waals surface area contributed by atoms with E-state index in [0.29, 0.717) is 17.5 Å². The summed E-state index contributed by atoms with van der Waals surface area (Å²) < 4.78 is 59.8. The van der Waals surface area contributed by atoms with Crippen molar-refractivity contribution in [2.45, 2.75) is 33.5 Å². The molecule has 2 aromatic rings. The Balaban J connectivity index is 2.40. The molecule has 0 saturated carbocycles. The molecule has 0 aliphatic rings. The highest BCUT2D eigenvalue weighted by Gasteiger charge is 2.15. The molecular weight excluding hydrogens is 420 g/mol. The van der Waals surface area contributed by atoms with Crippen molar-refractivity contribution in [3.8, 4) is 22.6 Å². The molecule has 0 unspecified atom stereocenters. The van der Waals surface area contributed by atoms with Crippen LogP contribution in [0.25, 0.3) is 11.1 Å². The van der Waals surface area contributed by atoms with Gasteiger partial charge in [0.1, 0.15) is 11.5 Å². The van der Waals surface area contributed by atoms with Gasteiger partial charge in [-0.25, -0.2) is 0 Å². The van der Waals surface area contributed by atoms with E-state index in [9.17, 15) is 22.7 Å². The van der Waals surface area contributed by atoms with Crippen molar-refractivity contribution in [2.24, 2.45) is 0 Å². The lowest BCUT2D eigenvalue weighted by Gasteiger charge is -2.15. The maximum Gasteiger partial charge on any atom is 0.387 e. The van der Waals surface area contributed by atoms with Crippen LogP contribution in [-0.4, -0.2) is 24.9 Å². The van der Waals surface area contributed by atoms with Gasteiger partial charge in [0, 0.05) is 16.9 Å². The first-order valence-electron chi connectivity index (χ1n) is 9.08. The Hall–Kier alpha value is -2.45. The van der Waals surface area contributed by atoms with Crippen LogP contribution in [0.4, 0.5) is 17.6 Å². The zero-order valence-electron chi connectivity index (χ0n) is 16.4. The summed E-state index contributed by atoms with van der Waals surface area (Å²) in [6.45, 7) is -2.41. The highest BCUT2D eigenvalue weighted by Crippen LogP contribution is 2.36. The van der Waals surface area contributed by atoms with Gasteiger partial charge in [-0.3, -0.25) is 0 Å². The lowest BCUT2D eigenvalue weighted by molar-refractivity contribution is -0.0500. The summed E-state index contributed by atoms with van der Waals surface area (Å²) in [4.78, 5) is 1.75. The number of thioether (sulfide) groups is 1. The molecule has 0 saturated heterocycles. The van der Waals surface area contributed by atoms with Crippen molar-refractivity contribution in [3.63, 3.8) is 0 Å². The summed E-state index contributed by atoms with van der Waals surface area (Å²) in [7, 11) is 0. The largest absolute Gasteiger partial charge is 0.435 e. The van der Waals surface area contributed by atoms with Crippen molar-refractivity contribution in [3.05, 3.63) is 70.0 Å². The number of benzene rings is 2. The molecule has 0 radical (unpaired) electrons. The van der Waals surface area contributed by atoms with E-state index in [-0.39, 0.29) is 18.1 Å². The van der Waals surface area contributed by atoms with E-state index in [0.717, 1.165) is 15.4 Å². The average molecular weight is 442 g/mol. The summed E-state index contributed by atoms with van der Waals surface area (Å²) in [5.41, 5.74) is 1.55. The fraction of sp³-hybridized carbons (Fsp3) is 0.273. The Morgan fingerprint density at radius 2 is 1.67 bits per heavy atom. The fourth-order valence-electron chi connectivity index (χ4n) is 2.70. The number of alkyl halides is 4. The molecule has 0 aromatic heterocycles. The molecule has 1 N–H and O–H groups in total. The molecular formula is C22H22F4O3S. The average Bonchev–Trinajstić information content (AvgIpc) is 2.71. The molecule has 0 atom stereocenters. The standard InChI is InChI=1S/C22H22F4O3S/c1-3-17(30-18(4-2)13-27)10-14-8-9-20(29-22(25)26)19(11-14)15-6-5-7-16(12-15)28-21(23)24/h3-9,11-12,21-22,27H,10,13H2,1-2H3/b17-3-,18-4-. The van der Waals surface area contributed by atoms with Crippen molar-refractivity contribution < 1.29 is 32.1 Å². The van der Waals surface area contributed by atoms with Crippen molar-refractivity contribution in [2.75, 3.05) is 6.61 Å². The van der Waals surface area contributed by atoms with Gasteiger partial charge >= 0.3 is 13.2 Å². The Morgan fingerprint density at radius 1 is 0.967 bits per heavy atom. The number of hydrogen-bond donors (Lipinski definition) is 1. The zero-order chi connectivity index (χ0) is 22.1. The van der Waals surface area contributed by atoms with Gasteiger partial charge in [-0.2, -0.15) is 17.6 Å². The van der Waals surface area contributed by atoms with Gasteiger partial charge in [-0.1, -0.05) is 42.1 Å². The van der Waals surface area contributed by atoms with E-state index >= 15 is 0 Å². The highest BCUT2D eigenvalue weighted by molar-refractivity contribution is 8.06. The fourth-order valence-corrected chi connectivity index (χ4v) is 3.58. The first-order chi connectivity index (χ1) is 14.4. The van der Waals surface area contributed by atoms with Crippen LogP contribution in [0.5, 0.6) is 11.5 Å². The quantitative estimate of drug-likeness (QED) is 0.419. The molecule has 8 heteroatoms. The molecule has 30 heavy (non-hydrogen) atoms. The third kappa shape index (κ3) is 7.11. The van der Waals surface area contributed by atoms with E-state index in [1.54, 1.807) is 18.2 Å². The second-order valence-corrected chi connectivity index (χ2v) is 7.32. The van der Waals surface area contributed by atoms with Crippen molar-refractivity contribution >= 4 is 11.8 Å². The molecule has 0 heterocycles. The summed E-state index contributed by atoms with van der Waals surface area (Å²) >= 11 is 1.43. The highest BCUT2D eigenvalue weighted by atomic mass is 32.2. The molecule has 3 nitrogen and oxygen atoms in total. The minimum absolute atomic E-state index is 0.0675. The summed E-state index contributed by atoms with van der Waals surface area (Å²) in [5.74, 6) is -0.150. The number of rotatable bonds is 10. The van der Waals surface area contributed by atoms with Crippen molar-refractivity contribution in [1.29, 1.82) is 0 Å². The predicted octanol–water partition coefficient (Wildman–Crippen LogP) is 6.63. The van der Waals surface area contributed by atoms with Gasteiger partial charge in [0.15, 0.2) is 0 Å². The van der Waals surface area contributed by atoms with E-state index in [1.165, 1.54) is 36.0 Å².